The molecule has 0 unspecified atom stereocenters. The lowest BCUT2D eigenvalue weighted by Gasteiger charge is -2.18. The van der Waals surface area contributed by atoms with Crippen LogP contribution in [0.4, 0.5) is 6.01 Å². The molecule has 0 saturated carbocycles. The van der Waals surface area contributed by atoms with Gasteiger partial charge in [0.25, 0.3) is 6.01 Å². The number of nitrogens with one attached hydrogen (secondary N) is 1. The van der Waals surface area contributed by atoms with Crippen molar-refractivity contribution in [3.8, 4) is 0 Å². The van der Waals surface area contributed by atoms with E-state index in [9.17, 15) is 9.59 Å². The van der Waals surface area contributed by atoms with Gasteiger partial charge in [-0.1, -0.05) is 0 Å². The molecule has 1 heterocycles. The average Bonchev–Trinajstić information content (AvgIpc) is 2.75. The molecule has 0 amide bonds. The maximum absolute atomic E-state index is 11.3. The van der Waals surface area contributed by atoms with Gasteiger partial charge < -0.3 is 19.6 Å². The Morgan fingerprint density at radius 1 is 1.56 bits per heavy atom. The second-order valence-electron chi connectivity index (χ2n) is 4.30. The molecular weight excluding hydrogens is 240 g/mol. The zero-order valence-electron chi connectivity index (χ0n) is 10.5. The lowest BCUT2D eigenvalue weighted by molar-refractivity contribution is -0.146. The topological polar surface area (TPSA) is 102 Å². The molecule has 2 N–H and O–H groups in total. The number of carbonyl (C=O) groups is 2. The van der Waals surface area contributed by atoms with Crippen LogP contribution in [0.25, 0.3) is 0 Å². The quantitative estimate of drug-likeness (QED) is 0.741. The Balaban J connectivity index is 2.60. The van der Waals surface area contributed by atoms with Crippen LogP contribution in [0.3, 0.4) is 0 Å². The van der Waals surface area contributed by atoms with Crippen LogP contribution in [-0.2, 0) is 9.53 Å². The minimum absolute atomic E-state index is 0.0486. The summed E-state index contributed by atoms with van der Waals surface area (Å²) in [6, 6.07) is 0.0902. The maximum atomic E-state index is 11.3. The number of aromatic nitrogens is 1. The third kappa shape index (κ3) is 3.47. The monoisotopic (exact) mass is 256 g/mol. The fraction of sp³-hybridized carbons (Fsp3) is 0.545. The molecule has 0 aromatic carbocycles. The maximum Gasteiger partial charge on any atom is 0.360 e. The summed E-state index contributed by atoms with van der Waals surface area (Å²) in [5, 5.41) is 11.6. The van der Waals surface area contributed by atoms with Crippen LogP contribution >= 0.6 is 0 Å². The Morgan fingerprint density at radius 2 is 2.22 bits per heavy atom. The van der Waals surface area contributed by atoms with Crippen molar-refractivity contribution in [1.29, 1.82) is 0 Å². The Bertz CT molecular complexity index is 438. The van der Waals surface area contributed by atoms with Gasteiger partial charge in [0.15, 0.2) is 5.69 Å². The molecule has 1 aromatic heterocycles. The highest BCUT2D eigenvalue weighted by atomic mass is 16.5. The molecule has 18 heavy (non-hydrogen) atoms. The van der Waals surface area contributed by atoms with E-state index in [2.05, 4.69) is 10.3 Å². The molecule has 7 nitrogen and oxygen atoms in total. The van der Waals surface area contributed by atoms with Gasteiger partial charge >= 0.3 is 11.9 Å². The molecule has 0 radical (unpaired) electrons. The first-order valence-corrected chi connectivity index (χ1v) is 5.46. The number of nitrogens with zero attached hydrogens (tertiary/aromatic N) is 1. The highest BCUT2D eigenvalue weighted by Crippen LogP contribution is 2.17. The van der Waals surface area contributed by atoms with E-state index in [4.69, 9.17) is 14.3 Å². The summed E-state index contributed by atoms with van der Waals surface area (Å²) in [4.78, 5) is 26.0. The number of carboxylic acid groups (broad SMARTS) is 1. The number of oxazole rings is 1. The number of anilines is 1. The Morgan fingerprint density at radius 3 is 2.78 bits per heavy atom. The van der Waals surface area contributed by atoms with Gasteiger partial charge in [0.2, 0.25) is 0 Å². The Labute approximate surface area is 104 Å². The van der Waals surface area contributed by atoms with E-state index in [1.54, 1.807) is 20.8 Å². The van der Waals surface area contributed by atoms with Crippen LogP contribution in [0, 0.1) is 5.41 Å². The summed E-state index contributed by atoms with van der Waals surface area (Å²) in [6.45, 7) is 5.20. The van der Waals surface area contributed by atoms with Crippen LogP contribution in [0.5, 0.6) is 0 Å². The predicted molar refractivity (Wildman–Crippen MR) is 62.4 cm³/mol. The lowest BCUT2D eigenvalue weighted by atomic mass is 9.94. The van der Waals surface area contributed by atoms with E-state index in [1.807, 2.05) is 0 Å². The summed E-state index contributed by atoms with van der Waals surface area (Å²) in [5.41, 5.74) is -0.911. The Kier molecular flexibility index (Phi) is 4.30. The number of carbonyl (C=O) groups excluding carboxylic acids is 1. The number of rotatable bonds is 6. The van der Waals surface area contributed by atoms with Crippen molar-refractivity contribution >= 4 is 18.0 Å². The number of hydrogen-bond donors (Lipinski definition) is 2. The summed E-state index contributed by atoms with van der Waals surface area (Å²) < 4.78 is 9.73. The molecule has 0 spiro atoms. The molecular formula is C11H16N2O5. The third-order valence-corrected chi connectivity index (χ3v) is 2.25. The van der Waals surface area contributed by atoms with Crippen molar-refractivity contribution in [3.05, 3.63) is 12.0 Å². The van der Waals surface area contributed by atoms with Crippen molar-refractivity contribution in [2.75, 3.05) is 18.5 Å². The summed E-state index contributed by atoms with van der Waals surface area (Å²) in [5.74, 6) is -1.51. The summed E-state index contributed by atoms with van der Waals surface area (Å²) in [6.07, 6.45) is 1.16. The zero-order valence-corrected chi connectivity index (χ0v) is 10.5. The third-order valence-electron chi connectivity index (χ3n) is 2.25. The molecule has 1 aromatic rings. The fourth-order valence-electron chi connectivity index (χ4n) is 1.03. The highest BCUT2D eigenvalue weighted by Gasteiger charge is 2.27. The van der Waals surface area contributed by atoms with Crippen molar-refractivity contribution in [1.82, 2.24) is 4.98 Å². The van der Waals surface area contributed by atoms with E-state index in [-0.39, 0.29) is 24.9 Å². The minimum atomic E-state index is -0.960. The van der Waals surface area contributed by atoms with E-state index in [0.717, 1.165) is 6.26 Å². The van der Waals surface area contributed by atoms with Gasteiger partial charge in [-0.15, -0.1) is 0 Å². The molecule has 0 fully saturated rings. The zero-order chi connectivity index (χ0) is 13.8. The average molecular weight is 256 g/mol. The number of esters is 1. The fourth-order valence-corrected chi connectivity index (χ4v) is 1.03. The summed E-state index contributed by atoms with van der Waals surface area (Å²) in [7, 11) is 0. The van der Waals surface area contributed by atoms with Gasteiger partial charge in [0, 0.05) is 6.54 Å². The van der Waals surface area contributed by atoms with Gasteiger partial charge in [0.05, 0.1) is 12.0 Å². The van der Waals surface area contributed by atoms with Crippen LogP contribution in [0.2, 0.25) is 0 Å². The molecule has 1 rings (SSSR count). The first kappa shape index (κ1) is 14.0. The molecule has 0 aliphatic heterocycles. The van der Waals surface area contributed by atoms with Crippen LogP contribution < -0.4 is 5.32 Å². The Hall–Kier alpha value is -2.05. The molecule has 0 bridgehead atoms. The SMILES string of the molecule is CCOC(=O)c1coc(NCC(C)(C)C(=O)O)n1. The molecule has 0 atom stereocenters. The number of ether oxygens (including phenoxy) is 1. The molecule has 0 saturated heterocycles. The molecule has 100 valence electrons. The van der Waals surface area contributed by atoms with Crippen molar-refractivity contribution in [3.63, 3.8) is 0 Å². The molecule has 0 aliphatic rings. The van der Waals surface area contributed by atoms with Crippen molar-refractivity contribution in [2.24, 2.45) is 5.41 Å². The number of hydrogen-bond acceptors (Lipinski definition) is 6. The molecule has 7 heteroatoms. The molecule has 0 aliphatic carbocycles. The highest BCUT2D eigenvalue weighted by molar-refractivity contribution is 5.87. The van der Waals surface area contributed by atoms with Gasteiger partial charge in [0.1, 0.15) is 6.26 Å². The first-order chi connectivity index (χ1) is 8.36. The normalized spacial score (nSPS) is 11.1. The van der Waals surface area contributed by atoms with E-state index in [0.29, 0.717) is 0 Å². The second-order valence-corrected chi connectivity index (χ2v) is 4.30. The van der Waals surface area contributed by atoms with Gasteiger partial charge in [-0.3, -0.25) is 4.79 Å². The second kappa shape index (κ2) is 5.52. The van der Waals surface area contributed by atoms with Crippen molar-refractivity contribution in [2.45, 2.75) is 20.8 Å². The number of aliphatic carboxylic acids is 1. The van der Waals surface area contributed by atoms with E-state index < -0.39 is 17.4 Å². The van der Waals surface area contributed by atoms with E-state index >= 15 is 0 Å². The lowest BCUT2D eigenvalue weighted by Crippen LogP contribution is -2.31. The standard InChI is InChI=1S/C11H16N2O5/c1-4-17-8(14)7-5-18-10(13-7)12-6-11(2,3)9(15)16/h5H,4,6H2,1-3H3,(H,12,13)(H,15,16). The first-order valence-electron chi connectivity index (χ1n) is 5.46. The minimum Gasteiger partial charge on any atom is -0.481 e. The summed E-state index contributed by atoms with van der Waals surface area (Å²) >= 11 is 0. The predicted octanol–water partition coefficient (Wildman–Crippen LogP) is 1.37. The largest absolute Gasteiger partial charge is 0.481 e. The van der Waals surface area contributed by atoms with E-state index in [1.165, 1.54) is 0 Å². The van der Waals surface area contributed by atoms with Gasteiger partial charge in [-0.2, -0.15) is 4.98 Å². The number of carboxylic acids is 1. The van der Waals surface area contributed by atoms with Crippen LogP contribution in [0.1, 0.15) is 31.3 Å². The van der Waals surface area contributed by atoms with Crippen LogP contribution in [-0.4, -0.2) is 35.2 Å². The van der Waals surface area contributed by atoms with Gasteiger partial charge in [-0.05, 0) is 20.8 Å². The van der Waals surface area contributed by atoms with Crippen LogP contribution in [0.15, 0.2) is 10.7 Å². The van der Waals surface area contributed by atoms with Crippen molar-refractivity contribution < 1.29 is 23.8 Å². The van der Waals surface area contributed by atoms with Gasteiger partial charge in [-0.25, -0.2) is 4.79 Å². The smallest absolute Gasteiger partial charge is 0.360 e.